The van der Waals surface area contributed by atoms with E-state index in [-0.39, 0.29) is 0 Å². The minimum Gasteiger partial charge on any atom is -0.0622 e. The number of hydrogen-bond acceptors (Lipinski definition) is 0. The van der Waals surface area contributed by atoms with Gasteiger partial charge in [0.1, 0.15) is 0 Å². The van der Waals surface area contributed by atoms with Crippen LogP contribution in [0.25, 0.3) is 66.1 Å². The highest BCUT2D eigenvalue weighted by molar-refractivity contribution is 6.25. The number of rotatable bonds is 2. The molecule has 0 fully saturated rings. The van der Waals surface area contributed by atoms with Gasteiger partial charge in [-0.15, -0.1) is 0 Å². The zero-order valence-corrected chi connectivity index (χ0v) is 21.2. The van der Waals surface area contributed by atoms with Crippen molar-refractivity contribution in [1.29, 1.82) is 0 Å². The maximum absolute atomic E-state index is 2.37. The van der Waals surface area contributed by atoms with E-state index in [1.165, 1.54) is 88.3 Å². The Kier molecular flexibility index (Phi) is 4.51. The highest BCUT2D eigenvalue weighted by Gasteiger charge is 2.29. The number of benzene rings is 6. The van der Waals surface area contributed by atoms with Crippen molar-refractivity contribution in [3.63, 3.8) is 0 Å². The molecule has 0 unspecified atom stereocenters. The van der Waals surface area contributed by atoms with E-state index in [4.69, 9.17) is 0 Å². The quantitative estimate of drug-likeness (QED) is 0.241. The van der Waals surface area contributed by atoms with Crippen molar-refractivity contribution in [2.45, 2.75) is 27.7 Å². The Morgan fingerprint density at radius 3 is 1.11 bits per heavy atom. The van der Waals surface area contributed by atoms with Gasteiger partial charge in [-0.1, -0.05) is 97.1 Å². The highest BCUT2D eigenvalue weighted by Crippen LogP contribution is 2.55. The molecule has 6 aromatic carbocycles. The smallest absolute Gasteiger partial charge is 0.00137 e. The third-order valence-corrected chi connectivity index (χ3v) is 8.24. The summed E-state index contributed by atoms with van der Waals surface area (Å²) in [7, 11) is 0. The third-order valence-electron chi connectivity index (χ3n) is 8.24. The van der Waals surface area contributed by atoms with E-state index in [9.17, 15) is 0 Å². The van der Waals surface area contributed by atoms with Gasteiger partial charge < -0.3 is 0 Å². The predicted octanol–water partition coefficient (Wildman–Crippen LogP) is 10.2. The summed E-state index contributed by atoms with van der Waals surface area (Å²) in [5.74, 6) is 0. The van der Waals surface area contributed by atoms with Crippen molar-refractivity contribution in [3.05, 3.63) is 119 Å². The summed E-state index contributed by atoms with van der Waals surface area (Å²) in [4.78, 5) is 0. The van der Waals surface area contributed by atoms with Crippen LogP contribution in [0.5, 0.6) is 0 Å². The lowest BCUT2D eigenvalue weighted by Gasteiger charge is -2.18. The van der Waals surface area contributed by atoms with Gasteiger partial charge in [0.15, 0.2) is 0 Å². The van der Waals surface area contributed by atoms with Crippen LogP contribution in [0, 0.1) is 27.7 Å². The predicted molar refractivity (Wildman–Crippen MR) is 156 cm³/mol. The SMILES string of the molecule is Cc1ccc(C)c2c(C)c3c(c(C)c12)-c1ccc(-c2ccccc2)c2c(-c4ccccc4)ccc-3c12. The Balaban J connectivity index is 1.69. The molecule has 0 amide bonds. The van der Waals surface area contributed by atoms with E-state index in [0.29, 0.717) is 0 Å². The Hall–Kier alpha value is -4.16. The van der Waals surface area contributed by atoms with Crippen LogP contribution in [0.4, 0.5) is 0 Å². The summed E-state index contributed by atoms with van der Waals surface area (Å²) in [6.45, 7) is 9.16. The van der Waals surface area contributed by atoms with Crippen molar-refractivity contribution in [2.75, 3.05) is 0 Å². The molecule has 0 bridgehead atoms. The summed E-state index contributed by atoms with van der Waals surface area (Å²) >= 11 is 0. The van der Waals surface area contributed by atoms with Crippen molar-refractivity contribution < 1.29 is 0 Å². The second kappa shape index (κ2) is 7.67. The largest absolute Gasteiger partial charge is 0.0622 e. The molecule has 0 radical (unpaired) electrons. The lowest BCUT2D eigenvalue weighted by Crippen LogP contribution is -1.95. The molecule has 0 heteroatoms. The molecule has 6 aromatic rings. The molecule has 172 valence electrons. The molecule has 0 saturated carbocycles. The maximum Gasteiger partial charge on any atom is -0.00137 e. The van der Waals surface area contributed by atoms with Crippen molar-refractivity contribution in [1.82, 2.24) is 0 Å². The molecular weight excluding hydrogens is 432 g/mol. The Bertz CT molecular complexity index is 1710. The zero-order valence-electron chi connectivity index (χ0n) is 21.2. The van der Waals surface area contributed by atoms with Crippen LogP contribution in [0.1, 0.15) is 22.3 Å². The van der Waals surface area contributed by atoms with E-state index < -0.39 is 0 Å². The number of hydrogen-bond donors (Lipinski definition) is 0. The van der Waals surface area contributed by atoms with Crippen LogP contribution < -0.4 is 0 Å². The first-order valence-electron chi connectivity index (χ1n) is 12.8. The Morgan fingerprint density at radius 2 is 0.694 bits per heavy atom. The van der Waals surface area contributed by atoms with Gasteiger partial charge >= 0.3 is 0 Å². The summed E-state index contributed by atoms with van der Waals surface area (Å²) < 4.78 is 0. The normalized spacial score (nSPS) is 11.9. The van der Waals surface area contributed by atoms with Gasteiger partial charge in [-0.25, -0.2) is 0 Å². The summed E-state index contributed by atoms with van der Waals surface area (Å²) in [5, 5.41) is 5.59. The first-order chi connectivity index (χ1) is 17.6. The van der Waals surface area contributed by atoms with Gasteiger partial charge in [0, 0.05) is 0 Å². The fourth-order valence-electron chi connectivity index (χ4n) is 6.70. The summed E-state index contributed by atoms with van der Waals surface area (Å²) in [5.41, 5.74) is 16.2. The lowest BCUT2D eigenvalue weighted by atomic mass is 9.85. The molecule has 7 rings (SSSR count). The second-order valence-electron chi connectivity index (χ2n) is 10.3. The third kappa shape index (κ3) is 2.76. The molecule has 0 aliphatic heterocycles. The van der Waals surface area contributed by atoms with Gasteiger partial charge in [-0.3, -0.25) is 0 Å². The first-order valence-corrected chi connectivity index (χ1v) is 12.8. The lowest BCUT2D eigenvalue weighted by molar-refractivity contribution is 1.39. The molecule has 0 saturated heterocycles. The van der Waals surface area contributed by atoms with Crippen LogP contribution in [0.3, 0.4) is 0 Å². The van der Waals surface area contributed by atoms with Crippen molar-refractivity contribution in [3.8, 4) is 44.5 Å². The van der Waals surface area contributed by atoms with Crippen LogP contribution in [0.15, 0.2) is 97.1 Å². The van der Waals surface area contributed by atoms with E-state index in [0.717, 1.165) is 0 Å². The standard InChI is InChI=1S/C36H28/c1-21-15-16-22(2)32-24(4)34-30-20-18-28(26-13-9-6-10-14-26)35-27(25-11-7-5-8-12-25)17-19-29(36(30)35)33(34)23(3)31(21)32/h5-20H,1-4H3. The maximum atomic E-state index is 2.37. The van der Waals surface area contributed by atoms with Crippen LogP contribution in [-0.2, 0) is 0 Å². The molecule has 0 atom stereocenters. The zero-order chi connectivity index (χ0) is 24.6. The monoisotopic (exact) mass is 460 g/mol. The first kappa shape index (κ1) is 21.1. The molecule has 0 heterocycles. The highest BCUT2D eigenvalue weighted by atomic mass is 14.3. The van der Waals surface area contributed by atoms with E-state index >= 15 is 0 Å². The van der Waals surface area contributed by atoms with Gasteiger partial charge in [0.25, 0.3) is 0 Å². The molecule has 1 aliphatic rings. The van der Waals surface area contributed by atoms with E-state index in [1.54, 1.807) is 0 Å². The van der Waals surface area contributed by atoms with Crippen LogP contribution in [-0.4, -0.2) is 0 Å². The molecule has 0 N–H and O–H groups in total. The van der Waals surface area contributed by atoms with Gasteiger partial charge in [-0.05, 0) is 116 Å². The van der Waals surface area contributed by atoms with Crippen molar-refractivity contribution >= 4 is 21.5 Å². The van der Waals surface area contributed by atoms with Gasteiger partial charge in [-0.2, -0.15) is 0 Å². The Labute approximate surface area is 212 Å². The van der Waals surface area contributed by atoms with Crippen LogP contribution >= 0.6 is 0 Å². The minimum absolute atomic E-state index is 1.26. The topological polar surface area (TPSA) is 0 Å². The van der Waals surface area contributed by atoms with Crippen molar-refractivity contribution in [2.24, 2.45) is 0 Å². The van der Waals surface area contributed by atoms with E-state index in [1.807, 2.05) is 0 Å². The summed E-state index contributed by atoms with van der Waals surface area (Å²) in [6, 6.07) is 35.7. The van der Waals surface area contributed by atoms with E-state index in [2.05, 4.69) is 125 Å². The average Bonchev–Trinajstić information content (AvgIpc) is 3.26. The van der Waals surface area contributed by atoms with Gasteiger partial charge in [0.05, 0.1) is 0 Å². The fraction of sp³-hybridized carbons (Fsp3) is 0.111. The summed E-state index contributed by atoms with van der Waals surface area (Å²) in [6.07, 6.45) is 0. The fourth-order valence-corrected chi connectivity index (χ4v) is 6.70. The van der Waals surface area contributed by atoms with Gasteiger partial charge in [0.2, 0.25) is 0 Å². The Morgan fingerprint density at radius 1 is 0.333 bits per heavy atom. The molecule has 0 nitrogen and oxygen atoms in total. The second-order valence-corrected chi connectivity index (χ2v) is 10.3. The molecule has 1 aliphatic carbocycles. The molecule has 0 aromatic heterocycles. The molecule has 0 spiro atoms. The van der Waals surface area contributed by atoms with Crippen LogP contribution in [0.2, 0.25) is 0 Å². The minimum atomic E-state index is 1.26. The number of aryl methyl sites for hydroxylation is 4. The number of fused-ring (bicyclic) bond motifs is 4. The molecular formula is C36H28. The molecule has 36 heavy (non-hydrogen) atoms. The average molecular weight is 461 g/mol.